The first-order valence-corrected chi connectivity index (χ1v) is 6.73. The summed E-state index contributed by atoms with van der Waals surface area (Å²) in [6.45, 7) is 5.64. The van der Waals surface area contributed by atoms with Gasteiger partial charge in [-0.3, -0.25) is 4.79 Å². The number of hydrogen-bond acceptors (Lipinski definition) is 3. The minimum absolute atomic E-state index is 0.105. The first-order valence-electron chi connectivity index (χ1n) is 6.73. The van der Waals surface area contributed by atoms with Crippen molar-refractivity contribution >= 4 is 5.97 Å². The molecule has 0 amide bonds. The van der Waals surface area contributed by atoms with Crippen LogP contribution in [-0.4, -0.2) is 18.7 Å². The Hall–Kier alpha value is -1.72. The summed E-state index contributed by atoms with van der Waals surface area (Å²) >= 11 is 0. The molecule has 0 fully saturated rings. The van der Waals surface area contributed by atoms with E-state index in [9.17, 15) is 18.0 Å². The van der Waals surface area contributed by atoms with E-state index in [-0.39, 0.29) is 24.4 Å². The molecule has 6 heteroatoms. The molecule has 0 aliphatic rings. The number of rotatable bonds is 6. The van der Waals surface area contributed by atoms with Gasteiger partial charge in [-0.1, -0.05) is 6.92 Å². The van der Waals surface area contributed by atoms with E-state index >= 15 is 0 Å². The molecule has 21 heavy (non-hydrogen) atoms. The van der Waals surface area contributed by atoms with Gasteiger partial charge in [0.25, 0.3) is 0 Å². The number of halogens is 3. The van der Waals surface area contributed by atoms with E-state index in [2.05, 4.69) is 0 Å². The van der Waals surface area contributed by atoms with E-state index in [1.807, 2.05) is 6.92 Å². The minimum atomic E-state index is -4.36. The molecule has 1 rings (SSSR count). The third kappa shape index (κ3) is 5.65. The van der Waals surface area contributed by atoms with Crippen LogP contribution in [0.2, 0.25) is 0 Å². The number of carbonyl (C=O) groups is 1. The Morgan fingerprint density at radius 3 is 2.24 bits per heavy atom. The monoisotopic (exact) mass is 304 g/mol. The average molecular weight is 304 g/mol. The quantitative estimate of drug-likeness (QED) is 0.743. The van der Waals surface area contributed by atoms with Crippen LogP contribution in [0.25, 0.3) is 0 Å². The van der Waals surface area contributed by atoms with Gasteiger partial charge in [0.2, 0.25) is 0 Å². The van der Waals surface area contributed by atoms with Crippen LogP contribution in [0.4, 0.5) is 13.2 Å². The standard InChI is InChI=1S/C15H19F3O3/c1-4-20-14(19)9-10(2)11(3)21-13-7-5-12(6-8-13)15(16,17)18/h5-8,10-11H,4,9H2,1-3H3. The molecule has 0 radical (unpaired) electrons. The molecular weight excluding hydrogens is 285 g/mol. The second-order valence-corrected chi connectivity index (χ2v) is 4.83. The van der Waals surface area contributed by atoms with Gasteiger partial charge in [0.1, 0.15) is 5.75 Å². The van der Waals surface area contributed by atoms with Crippen LogP contribution in [0.3, 0.4) is 0 Å². The molecule has 2 atom stereocenters. The van der Waals surface area contributed by atoms with Gasteiger partial charge in [-0.15, -0.1) is 0 Å². The lowest BCUT2D eigenvalue weighted by Crippen LogP contribution is -2.24. The van der Waals surface area contributed by atoms with Crippen LogP contribution < -0.4 is 4.74 Å². The van der Waals surface area contributed by atoms with Gasteiger partial charge in [0.15, 0.2) is 0 Å². The summed E-state index contributed by atoms with van der Waals surface area (Å²) in [4.78, 5) is 11.4. The molecule has 118 valence electrons. The summed E-state index contributed by atoms with van der Waals surface area (Å²) in [6, 6.07) is 4.49. The molecule has 0 aliphatic heterocycles. The first kappa shape index (κ1) is 17.3. The van der Waals surface area contributed by atoms with Crippen molar-refractivity contribution in [3.05, 3.63) is 29.8 Å². The average Bonchev–Trinajstić information content (AvgIpc) is 2.38. The van der Waals surface area contributed by atoms with E-state index in [0.29, 0.717) is 12.4 Å². The third-order valence-corrected chi connectivity index (χ3v) is 3.10. The van der Waals surface area contributed by atoms with Crippen molar-refractivity contribution < 1.29 is 27.4 Å². The van der Waals surface area contributed by atoms with E-state index in [4.69, 9.17) is 9.47 Å². The molecule has 0 aromatic heterocycles. The molecule has 3 nitrogen and oxygen atoms in total. The molecule has 1 aromatic rings. The summed E-state index contributed by atoms with van der Waals surface area (Å²) in [7, 11) is 0. The Balaban J connectivity index is 2.58. The molecule has 2 unspecified atom stereocenters. The van der Waals surface area contributed by atoms with Crippen molar-refractivity contribution in [3.8, 4) is 5.75 Å². The molecule has 0 N–H and O–H groups in total. The highest BCUT2D eigenvalue weighted by molar-refractivity contribution is 5.69. The zero-order valence-electron chi connectivity index (χ0n) is 12.2. The van der Waals surface area contributed by atoms with Gasteiger partial charge in [-0.05, 0) is 38.1 Å². The topological polar surface area (TPSA) is 35.5 Å². The van der Waals surface area contributed by atoms with Crippen LogP contribution in [0.15, 0.2) is 24.3 Å². The summed E-state index contributed by atoms with van der Waals surface area (Å²) in [5.74, 6) is -0.0783. The molecule has 0 aliphatic carbocycles. The molecule has 0 spiro atoms. The van der Waals surface area contributed by atoms with Gasteiger partial charge >= 0.3 is 12.1 Å². The fourth-order valence-electron chi connectivity index (χ4n) is 1.70. The van der Waals surface area contributed by atoms with E-state index in [0.717, 1.165) is 12.1 Å². The maximum atomic E-state index is 12.4. The van der Waals surface area contributed by atoms with Crippen LogP contribution in [0.5, 0.6) is 5.75 Å². The largest absolute Gasteiger partial charge is 0.490 e. The fourth-order valence-corrected chi connectivity index (χ4v) is 1.70. The van der Waals surface area contributed by atoms with Crippen molar-refractivity contribution in [2.24, 2.45) is 5.92 Å². The summed E-state index contributed by atoms with van der Waals surface area (Å²) in [5.41, 5.74) is -0.720. The predicted molar refractivity (Wildman–Crippen MR) is 71.9 cm³/mol. The van der Waals surface area contributed by atoms with Crippen molar-refractivity contribution in [1.29, 1.82) is 0 Å². The lowest BCUT2D eigenvalue weighted by molar-refractivity contribution is -0.144. The second-order valence-electron chi connectivity index (χ2n) is 4.83. The summed E-state index contributed by atoms with van der Waals surface area (Å²) < 4.78 is 47.7. The van der Waals surface area contributed by atoms with Crippen molar-refractivity contribution in [2.45, 2.75) is 39.5 Å². The van der Waals surface area contributed by atoms with Crippen molar-refractivity contribution in [1.82, 2.24) is 0 Å². The lowest BCUT2D eigenvalue weighted by Gasteiger charge is -2.21. The third-order valence-electron chi connectivity index (χ3n) is 3.10. The molecule has 0 bridgehead atoms. The van der Waals surface area contributed by atoms with Crippen LogP contribution in [0, 0.1) is 5.92 Å². The normalized spacial score (nSPS) is 14.4. The van der Waals surface area contributed by atoms with E-state index in [1.54, 1.807) is 13.8 Å². The van der Waals surface area contributed by atoms with E-state index < -0.39 is 11.7 Å². The molecule has 0 heterocycles. The highest BCUT2D eigenvalue weighted by Crippen LogP contribution is 2.30. The smallest absolute Gasteiger partial charge is 0.416 e. The SMILES string of the molecule is CCOC(=O)CC(C)C(C)Oc1ccc(C(F)(F)F)cc1. The molecule has 0 saturated carbocycles. The van der Waals surface area contributed by atoms with Crippen molar-refractivity contribution in [3.63, 3.8) is 0 Å². The van der Waals surface area contributed by atoms with Gasteiger partial charge in [-0.2, -0.15) is 13.2 Å². The van der Waals surface area contributed by atoms with Gasteiger partial charge in [0.05, 0.1) is 24.7 Å². The van der Waals surface area contributed by atoms with Gasteiger partial charge in [-0.25, -0.2) is 0 Å². The zero-order chi connectivity index (χ0) is 16.0. The Morgan fingerprint density at radius 2 is 1.76 bits per heavy atom. The molecule has 0 saturated heterocycles. The van der Waals surface area contributed by atoms with Gasteiger partial charge in [0, 0.05) is 5.92 Å². The summed E-state index contributed by atoms with van der Waals surface area (Å²) in [5, 5.41) is 0. The highest BCUT2D eigenvalue weighted by Gasteiger charge is 2.30. The minimum Gasteiger partial charge on any atom is -0.490 e. The first-order chi connectivity index (χ1) is 9.74. The van der Waals surface area contributed by atoms with Crippen LogP contribution in [-0.2, 0) is 15.7 Å². The van der Waals surface area contributed by atoms with E-state index in [1.165, 1.54) is 12.1 Å². The Kier molecular flexibility index (Phi) is 6.05. The Labute approximate surface area is 122 Å². The Bertz CT molecular complexity index is 454. The number of esters is 1. The maximum Gasteiger partial charge on any atom is 0.416 e. The molecular formula is C15H19F3O3. The van der Waals surface area contributed by atoms with Crippen LogP contribution >= 0.6 is 0 Å². The number of benzene rings is 1. The zero-order valence-corrected chi connectivity index (χ0v) is 12.2. The number of hydrogen-bond donors (Lipinski definition) is 0. The van der Waals surface area contributed by atoms with Crippen LogP contribution in [0.1, 0.15) is 32.8 Å². The predicted octanol–water partition coefficient (Wildman–Crippen LogP) is 4.06. The van der Waals surface area contributed by atoms with Gasteiger partial charge < -0.3 is 9.47 Å². The second kappa shape index (κ2) is 7.33. The number of carbonyl (C=O) groups excluding carboxylic acids is 1. The number of alkyl halides is 3. The van der Waals surface area contributed by atoms with Crippen molar-refractivity contribution in [2.75, 3.05) is 6.61 Å². The molecule has 1 aromatic carbocycles. The fraction of sp³-hybridized carbons (Fsp3) is 0.533. The summed E-state index contributed by atoms with van der Waals surface area (Å²) in [6.07, 6.45) is -4.47. The highest BCUT2D eigenvalue weighted by atomic mass is 19.4. The lowest BCUT2D eigenvalue weighted by atomic mass is 10.0. The number of ether oxygens (including phenoxy) is 2. The Morgan fingerprint density at radius 1 is 1.19 bits per heavy atom. The maximum absolute atomic E-state index is 12.4.